The topological polar surface area (TPSA) is 32.6 Å². The van der Waals surface area contributed by atoms with Gasteiger partial charge in [0.1, 0.15) is 6.23 Å². The Hall–Kier alpha value is -0.370. The summed E-state index contributed by atoms with van der Waals surface area (Å²) in [4.78, 5) is 3.95. The van der Waals surface area contributed by atoms with Crippen molar-refractivity contribution >= 4 is 5.71 Å². The fourth-order valence-corrected chi connectivity index (χ4v) is 0.728. The van der Waals surface area contributed by atoms with Crippen molar-refractivity contribution in [2.45, 2.75) is 32.4 Å². The van der Waals surface area contributed by atoms with Crippen LogP contribution in [0.4, 0.5) is 0 Å². The molecule has 1 rings (SSSR count). The Bertz CT molecular complexity index is 101. The second kappa shape index (κ2) is 2.27. The largest absolute Gasteiger partial charge is 0.372 e. The van der Waals surface area contributed by atoms with E-state index in [0.717, 1.165) is 12.8 Å². The Kier molecular flexibility index (Phi) is 1.63. The van der Waals surface area contributed by atoms with Gasteiger partial charge in [-0.15, -0.1) is 0 Å². The highest BCUT2D eigenvalue weighted by molar-refractivity contribution is 5.89. The zero-order chi connectivity index (χ0) is 5.98. The minimum absolute atomic E-state index is 0.481. The first kappa shape index (κ1) is 5.76. The van der Waals surface area contributed by atoms with Gasteiger partial charge < -0.3 is 5.11 Å². The van der Waals surface area contributed by atoms with E-state index in [1.54, 1.807) is 6.92 Å². The number of aliphatic hydroxyl groups is 1. The summed E-state index contributed by atoms with van der Waals surface area (Å²) in [6, 6.07) is 0. The van der Waals surface area contributed by atoms with Crippen LogP contribution in [0.3, 0.4) is 0 Å². The molecule has 0 aromatic rings. The average Bonchev–Trinajstić information content (AvgIpc) is 1.55. The second-order valence-corrected chi connectivity index (χ2v) is 2.18. The van der Waals surface area contributed by atoms with Crippen LogP contribution in [0, 0.1) is 0 Å². The van der Waals surface area contributed by atoms with E-state index < -0.39 is 6.23 Å². The molecule has 1 aliphatic rings. The molecule has 0 aliphatic heterocycles. The first-order valence-corrected chi connectivity index (χ1v) is 3.02. The van der Waals surface area contributed by atoms with Crippen molar-refractivity contribution in [1.29, 1.82) is 0 Å². The zero-order valence-electron chi connectivity index (χ0n) is 5.09. The van der Waals surface area contributed by atoms with Crippen LogP contribution >= 0.6 is 0 Å². The van der Waals surface area contributed by atoms with Gasteiger partial charge in [-0.1, -0.05) is 0 Å². The molecule has 1 atom stereocenters. The van der Waals surface area contributed by atoms with Gasteiger partial charge in [-0.05, 0) is 26.2 Å². The molecule has 2 heteroatoms. The molecule has 0 radical (unpaired) electrons. The summed E-state index contributed by atoms with van der Waals surface area (Å²) in [5.74, 6) is 0. The first-order chi connectivity index (χ1) is 3.79. The van der Waals surface area contributed by atoms with Gasteiger partial charge in [-0.3, -0.25) is 4.99 Å². The van der Waals surface area contributed by atoms with E-state index >= 15 is 0 Å². The molecule has 0 spiro atoms. The van der Waals surface area contributed by atoms with Crippen molar-refractivity contribution in [3.8, 4) is 0 Å². The Morgan fingerprint density at radius 1 is 1.62 bits per heavy atom. The summed E-state index contributed by atoms with van der Waals surface area (Å²) in [5, 5.41) is 8.70. The highest BCUT2D eigenvalue weighted by Crippen LogP contribution is 2.14. The maximum atomic E-state index is 8.70. The van der Waals surface area contributed by atoms with Gasteiger partial charge in [0.05, 0.1) is 0 Å². The molecule has 1 N–H and O–H groups in total. The Balaban J connectivity index is 2.30. The maximum Gasteiger partial charge on any atom is 0.142 e. The van der Waals surface area contributed by atoms with Gasteiger partial charge in [-0.2, -0.15) is 0 Å². The van der Waals surface area contributed by atoms with Crippen LogP contribution < -0.4 is 0 Å². The molecule has 1 unspecified atom stereocenters. The van der Waals surface area contributed by atoms with Gasteiger partial charge in [0, 0.05) is 5.71 Å². The summed E-state index contributed by atoms with van der Waals surface area (Å²) in [6.07, 6.45) is 2.98. The Labute approximate surface area is 49.2 Å². The van der Waals surface area contributed by atoms with Gasteiger partial charge in [0.2, 0.25) is 0 Å². The first-order valence-electron chi connectivity index (χ1n) is 3.02. The normalized spacial score (nSPS) is 22.0. The fourth-order valence-electron chi connectivity index (χ4n) is 0.728. The van der Waals surface area contributed by atoms with Crippen molar-refractivity contribution < 1.29 is 5.11 Å². The van der Waals surface area contributed by atoms with Crippen LogP contribution in [-0.4, -0.2) is 17.0 Å². The molecule has 0 bridgehead atoms. The molecular weight excluding hydrogens is 102 g/mol. The Morgan fingerprint density at radius 2 is 2.25 bits per heavy atom. The maximum absolute atomic E-state index is 8.70. The molecule has 0 saturated heterocycles. The van der Waals surface area contributed by atoms with Crippen LogP contribution in [0.5, 0.6) is 0 Å². The molecule has 1 saturated carbocycles. The Morgan fingerprint density at radius 3 is 2.38 bits per heavy atom. The molecule has 2 nitrogen and oxygen atoms in total. The lowest BCUT2D eigenvalue weighted by atomic mass is 9.97. The lowest BCUT2D eigenvalue weighted by Crippen LogP contribution is -2.12. The van der Waals surface area contributed by atoms with E-state index in [1.165, 1.54) is 12.1 Å². The van der Waals surface area contributed by atoms with E-state index in [4.69, 9.17) is 5.11 Å². The van der Waals surface area contributed by atoms with Crippen molar-refractivity contribution in [3.05, 3.63) is 0 Å². The second-order valence-electron chi connectivity index (χ2n) is 2.18. The van der Waals surface area contributed by atoms with Crippen molar-refractivity contribution in [2.24, 2.45) is 4.99 Å². The van der Waals surface area contributed by atoms with Gasteiger partial charge in [-0.25, -0.2) is 0 Å². The monoisotopic (exact) mass is 113 g/mol. The van der Waals surface area contributed by atoms with Crippen molar-refractivity contribution in [2.75, 3.05) is 0 Å². The highest BCUT2D eigenvalue weighted by atomic mass is 16.3. The smallest absolute Gasteiger partial charge is 0.142 e. The van der Waals surface area contributed by atoms with Crippen LogP contribution in [-0.2, 0) is 0 Å². The van der Waals surface area contributed by atoms with E-state index in [9.17, 15) is 0 Å². The molecule has 0 amide bonds. The molecular formula is C6H11NO. The van der Waals surface area contributed by atoms with Crippen molar-refractivity contribution in [1.82, 2.24) is 0 Å². The van der Waals surface area contributed by atoms with E-state index in [-0.39, 0.29) is 0 Å². The van der Waals surface area contributed by atoms with E-state index in [0.29, 0.717) is 0 Å². The number of rotatable bonds is 1. The van der Waals surface area contributed by atoms with E-state index in [1.807, 2.05) is 0 Å². The van der Waals surface area contributed by atoms with Gasteiger partial charge in [0.15, 0.2) is 0 Å². The predicted octanol–water partition coefficient (Wildman–Crippen LogP) is 0.950. The number of aliphatic imine (C=N–C) groups is 1. The average molecular weight is 113 g/mol. The summed E-state index contributed by atoms with van der Waals surface area (Å²) in [5.41, 5.74) is 1.18. The minimum Gasteiger partial charge on any atom is -0.372 e. The zero-order valence-corrected chi connectivity index (χ0v) is 5.09. The SMILES string of the molecule is CC(O)N=C1CCC1. The fraction of sp³-hybridized carbons (Fsp3) is 0.833. The summed E-state index contributed by atoms with van der Waals surface area (Å²) >= 11 is 0. The molecule has 0 heterocycles. The molecule has 0 aromatic carbocycles. The third-order valence-electron chi connectivity index (χ3n) is 1.30. The third-order valence-corrected chi connectivity index (χ3v) is 1.30. The summed E-state index contributed by atoms with van der Waals surface area (Å²) in [7, 11) is 0. The molecule has 1 fully saturated rings. The van der Waals surface area contributed by atoms with Crippen LogP contribution in [0.15, 0.2) is 4.99 Å². The summed E-state index contributed by atoms with van der Waals surface area (Å²) in [6.45, 7) is 1.69. The molecule has 8 heavy (non-hydrogen) atoms. The quantitative estimate of drug-likeness (QED) is 0.539. The standard InChI is InChI=1S/C6H11NO/c1-5(8)7-6-3-2-4-6/h5,8H,2-4H2,1H3. The number of hydrogen-bond donors (Lipinski definition) is 1. The highest BCUT2D eigenvalue weighted by Gasteiger charge is 2.09. The van der Waals surface area contributed by atoms with E-state index in [2.05, 4.69) is 4.99 Å². The van der Waals surface area contributed by atoms with Crippen LogP contribution in [0.25, 0.3) is 0 Å². The molecule has 0 aromatic heterocycles. The lowest BCUT2D eigenvalue weighted by molar-refractivity contribution is 0.204. The van der Waals surface area contributed by atoms with Gasteiger partial charge >= 0.3 is 0 Å². The number of nitrogens with zero attached hydrogens (tertiary/aromatic N) is 1. The van der Waals surface area contributed by atoms with Gasteiger partial charge in [0.25, 0.3) is 0 Å². The van der Waals surface area contributed by atoms with Crippen LogP contribution in [0.1, 0.15) is 26.2 Å². The minimum atomic E-state index is -0.481. The lowest BCUT2D eigenvalue weighted by Gasteiger charge is -2.14. The third kappa shape index (κ3) is 1.30. The number of aliphatic hydroxyl groups excluding tert-OH is 1. The molecule has 46 valence electrons. The summed E-state index contributed by atoms with van der Waals surface area (Å²) < 4.78 is 0. The predicted molar refractivity (Wildman–Crippen MR) is 33.0 cm³/mol. The van der Waals surface area contributed by atoms with Crippen molar-refractivity contribution in [3.63, 3.8) is 0 Å². The van der Waals surface area contributed by atoms with Crippen LogP contribution in [0.2, 0.25) is 0 Å². The molecule has 1 aliphatic carbocycles. The number of hydrogen-bond acceptors (Lipinski definition) is 2.